The highest BCUT2D eigenvalue weighted by Crippen LogP contribution is 2.36. The molecule has 0 bridgehead atoms. The molecular weight excluding hydrogens is 204 g/mol. The molecule has 92 valence electrons. The zero-order chi connectivity index (χ0) is 12.4. The van der Waals surface area contributed by atoms with E-state index in [1.807, 2.05) is 27.7 Å². The molecule has 1 aliphatic carbocycles. The van der Waals surface area contributed by atoms with Crippen LogP contribution in [-0.4, -0.2) is 17.0 Å². The SMILES string of the molecule is C=C(C)C1(OOC(C)(C)C)CCC(=O)CC1. The quantitative estimate of drug-likeness (QED) is 0.421. The average Bonchev–Trinajstić information content (AvgIpc) is 2.16. The van der Waals surface area contributed by atoms with Crippen LogP contribution in [0.4, 0.5) is 0 Å². The molecule has 1 saturated carbocycles. The molecule has 0 amide bonds. The third-order valence-corrected chi connectivity index (χ3v) is 2.84. The topological polar surface area (TPSA) is 35.5 Å². The van der Waals surface area contributed by atoms with E-state index < -0.39 is 5.60 Å². The van der Waals surface area contributed by atoms with Crippen LogP contribution in [0.2, 0.25) is 0 Å². The van der Waals surface area contributed by atoms with Gasteiger partial charge in [0.05, 0.1) is 5.60 Å². The highest BCUT2D eigenvalue weighted by atomic mass is 17.2. The first-order chi connectivity index (χ1) is 7.25. The largest absolute Gasteiger partial charge is 0.300 e. The molecule has 3 nitrogen and oxygen atoms in total. The molecular formula is C13H22O3. The number of carbonyl (C=O) groups is 1. The summed E-state index contributed by atoms with van der Waals surface area (Å²) < 4.78 is 0. The number of hydrogen-bond acceptors (Lipinski definition) is 3. The number of ketones is 1. The van der Waals surface area contributed by atoms with Gasteiger partial charge < -0.3 is 0 Å². The van der Waals surface area contributed by atoms with Crippen LogP contribution in [0.15, 0.2) is 12.2 Å². The van der Waals surface area contributed by atoms with Crippen molar-refractivity contribution in [3.8, 4) is 0 Å². The van der Waals surface area contributed by atoms with Crippen LogP contribution in [0.25, 0.3) is 0 Å². The molecule has 1 rings (SSSR count). The minimum absolute atomic E-state index is 0.302. The normalized spacial score (nSPS) is 20.9. The van der Waals surface area contributed by atoms with Gasteiger partial charge in [0, 0.05) is 12.8 Å². The van der Waals surface area contributed by atoms with Gasteiger partial charge in [0.15, 0.2) is 0 Å². The van der Waals surface area contributed by atoms with Gasteiger partial charge in [-0.2, -0.15) is 0 Å². The molecule has 0 saturated heterocycles. The molecule has 3 heteroatoms. The maximum Gasteiger partial charge on any atom is 0.133 e. The molecule has 0 aliphatic heterocycles. The molecule has 0 radical (unpaired) electrons. The summed E-state index contributed by atoms with van der Waals surface area (Å²) in [6.07, 6.45) is 2.47. The molecule has 1 fully saturated rings. The van der Waals surface area contributed by atoms with Gasteiger partial charge in [0.1, 0.15) is 11.4 Å². The Morgan fingerprint density at radius 3 is 2.19 bits per heavy atom. The summed E-state index contributed by atoms with van der Waals surface area (Å²) in [6, 6.07) is 0. The monoisotopic (exact) mass is 226 g/mol. The lowest BCUT2D eigenvalue weighted by atomic mass is 9.80. The molecule has 0 atom stereocenters. The first kappa shape index (κ1) is 13.4. The second kappa shape index (κ2) is 4.68. The lowest BCUT2D eigenvalue weighted by Crippen LogP contribution is -2.40. The van der Waals surface area contributed by atoms with Crippen LogP contribution >= 0.6 is 0 Å². The van der Waals surface area contributed by atoms with Gasteiger partial charge in [0.25, 0.3) is 0 Å². The summed E-state index contributed by atoms with van der Waals surface area (Å²) in [5.41, 5.74) is 0.120. The van der Waals surface area contributed by atoms with Gasteiger partial charge >= 0.3 is 0 Å². The Morgan fingerprint density at radius 1 is 1.31 bits per heavy atom. The lowest BCUT2D eigenvalue weighted by molar-refractivity contribution is -0.398. The lowest BCUT2D eigenvalue weighted by Gasteiger charge is -2.37. The number of rotatable bonds is 3. The summed E-state index contributed by atoms with van der Waals surface area (Å²) in [6.45, 7) is 11.7. The van der Waals surface area contributed by atoms with Crippen LogP contribution in [0.1, 0.15) is 53.4 Å². The van der Waals surface area contributed by atoms with Crippen LogP contribution in [-0.2, 0) is 14.6 Å². The second-order valence-electron chi connectivity index (χ2n) is 5.59. The van der Waals surface area contributed by atoms with Crippen molar-refractivity contribution < 1.29 is 14.6 Å². The van der Waals surface area contributed by atoms with E-state index in [0.29, 0.717) is 31.5 Å². The fourth-order valence-corrected chi connectivity index (χ4v) is 1.72. The zero-order valence-corrected chi connectivity index (χ0v) is 10.8. The Labute approximate surface area is 97.7 Å². The summed E-state index contributed by atoms with van der Waals surface area (Å²) in [4.78, 5) is 22.2. The molecule has 1 aliphatic rings. The van der Waals surface area contributed by atoms with E-state index >= 15 is 0 Å². The standard InChI is InChI=1S/C13H22O3/c1-10(2)13(16-15-12(3,4)5)8-6-11(14)7-9-13/h1,6-9H2,2-5H3. The zero-order valence-electron chi connectivity index (χ0n) is 10.8. The van der Waals surface area contributed by atoms with E-state index in [4.69, 9.17) is 9.78 Å². The van der Waals surface area contributed by atoms with Crippen LogP contribution < -0.4 is 0 Å². The Bertz CT molecular complexity index is 276. The fourth-order valence-electron chi connectivity index (χ4n) is 1.72. The molecule has 0 N–H and O–H groups in total. The highest BCUT2D eigenvalue weighted by molar-refractivity contribution is 5.79. The Balaban J connectivity index is 2.67. The Hall–Kier alpha value is -0.670. The van der Waals surface area contributed by atoms with Crippen LogP contribution in [0.3, 0.4) is 0 Å². The highest BCUT2D eigenvalue weighted by Gasteiger charge is 2.39. The summed E-state index contributed by atoms with van der Waals surface area (Å²) >= 11 is 0. The molecule has 0 aromatic rings. The van der Waals surface area contributed by atoms with Crippen molar-refractivity contribution in [3.63, 3.8) is 0 Å². The van der Waals surface area contributed by atoms with Crippen molar-refractivity contribution >= 4 is 5.78 Å². The van der Waals surface area contributed by atoms with E-state index in [1.165, 1.54) is 0 Å². The van der Waals surface area contributed by atoms with E-state index in [1.54, 1.807) is 0 Å². The maximum absolute atomic E-state index is 11.2. The Kier molecular flexibility index (Phi) is 3.92. The van der Waals surface area contributed by atoms with Gasteiger partial charge in [-0.1, -0.05) is 6.58 Å². The van der Waals surface area contributed by atoms with Crippen molar-refractivity contribution in [2.45, 2.75) is 64.6 Å². The van der Waals surface area contributed by atoms with Crippen LogP contribution in [0.5, 0.6) is 0 Å². The second-order valence-corrected chi connectivity index (χ2v) is 5.59. The maximum atomic E-state index is 11.2. The van der Waals surface area contributed by atoms with Gasteiger partial charge in [-0.05, 0) is 46.1 Å². The number of Topliss-reactive ketones (excluding diaryl/α,β-unsaturated/α-hetero) is 1. The number of carbonyl (C=O) groups excluding carboxylic acids is 1. The van der Waals surface area contributed by atoms with Crippen molar-refractivity contribution in [1.29, 1.82) is 0 Å². The van der Waals surface area contributed by atoms with Crippen molar-refractivity contribution in [1.82, 2.24) is 0 Å². The smallest absolute Gasteiger partial charge is 0.133 e. The first-order valence-corrected chi connectivity index (χ1v) is 5.80. The fraction of sp³-hybridized carbons (Fsp3) is 0.769. The first-order valence-electron chi connectivity index (χ1n) is 5.80. The molecule has 0 aromatic carbocycles. The molecule has 16 heavy (non-hydrogen) atoms. The molecule has 0 aromatic heterocycles. The van der Waals surface area contributed by atoms with Gasteiger partial charge in [0.2, 0.25) is 0 Å². The third kappa shape index (κ3) is 3.42. The number of hydrogen-bond donors (Lipinski definition) is 0. The van der Waals surface area contributed by atoms with Crippen molar-refractivity contribution in [2.75, 3.05) is 0 Å². The van der Waals surface area contributed by atoms with E-state index in [2.05, 4.69) is 6.58 Å². The van der Waals surface area contributed by atoms with E-state index in [0.717, 1.165) is 5.57 Å². The van der Waals surface area contributed by atoms with Crippen LogP contribution in [0, 0.1) is 0 Å². The van der Waals surface area contributed by atoms with Gasteiger partial charge in [-0.3, -0.25) is 4.79 Å². The molecule has 0 unspecified atom stereocenters. The van der Waals surface area contributed by atoms with Gasteiger partial charge in [-0.25, -0.2) is 9.78 Å². The average molecular weight is 226 g/mol. The Morgan fingerprint density at radius 2 is 1.81 bits per heavy atom. The summed E-state index contributed by atoms with van der Waals surface area (Å²) in [5, 5.41) is 0. The molecule has 0 spiro atoms. The minimum atomic E-state index is -0.471. The predicted octanol–water partition coefficient (Wildman–Crippen LogP) is 3.19. The van der Waals surface area contributed by atoms with Crippen molar-refractivity contribution in [3.05, 3.63) is 12.2 Å². The van der Waals surface area contributed by atoms with E-state index in [9.17, 15) is 4.79 Å². The summed E-state index contributed by atoms with van der Waals surface area (Å²) in [7, 11) is 0. The summed E-state index contributed by atoms with van der Waals surface area (Å²) in [5.74, 6) is 0.302. The van der Waals surface area contributed by atoms with Gasteiger partial charge in [-0.15, -0.1) is 0 Å². The minimum Gasteiger partial charge on any atom is -0.300 e. The van der Waals surface area contributed by atoms with E-state index in [-0.39, 0.29) is 5.60 Å². The van der Waals surface area contributed by atoms with Crippen molar-refractivity contribution in [2.24, 2.45) is 0 Å². The molecule has 0 heterocycles. The predicted molar refractivity (Wildman–Crippen MR) is 62.9 cm³/mol. The third-order valence-electron chi connectivity index (χ3n) is 2.84.